The van der Waals surface area contributed by atoms with Gasteiger partial charge in [0.15, 0.2) is 5.69 Å². The first-order valence-corrected chi connectivity index (χ1v) is 6.93. The van der Waals surface area contributed by atoms with Gasteiger partial charge in [0.05, 0.1) is 31.0 Å². The molecule has 0 bridgehead atoms. The van der Waals surface area contributed by atoms with Gasteiger partial charge < -0.3 is 9.47 Å². The van der Waals surface area contributed by atoms with Crippen LogP contribution in [0.2, 0.25) is 0 Å². The SMILES string of the molecule is COC(=O)c1c(CF)nc(C(F)(F)F)c(C(=O)OC)c1CC(C)C. The Kier molecular flexibility index (Phi) is 6.28. The van der Waals surface area contributed by atoms with Crippen LogP contribution >= 0.6 is 0 Å². The molecule has 0 amide bonds. The zero-order valence-electron chi connectivity index (χ0n) is 13.6. The van der Waals surface area contributed by atoms with E-state index in [0.29, 0.717) is 0 Å². The predicted octanol–water partition coefficient (Wildman–Crippen LogP) is 3.34. The number of hydrogen-bond acceptors (Lipinski definition) is 5. The van der Waals surface area contributed by atoms with Crippen molar-refractivity contribution < 1.29 is 36.6 Å². The van der Waals surface area contributed by atoms with E-state index in [9.17, 15) is 27.2 Å². The number of alkyl halides is 4. The van der Waals surface area contributed by atoms with Crippen molar-refractivity contribution in [3.8, 4) is 0 Å². The Morgan fingerprint density at radius 3 is 1.96 bits per heavy atom. The zero-order chi connectivity index (χ0) is 18.7. The molecule has 5 nitrogen and oxygen atoms in total. The normalized spacial score (nSPS) is 11.5. The van der Waals surface area contributed by atoms with Crippen LogP contribution in [-0.4, -0.2) is 31.1 Å². The molecule has 24 heavy (non-hydrogen) atoms. The van der Waals surface area contributed by atoms with E-state index in [0.717, 1.165) is 14.2 Å². The number of methoxy groups -OCH3 is 2. The van der Waals surface area contributed by atoms with Gasteiger partial charge in [-0.25, -0.2) is 19.0 Å². The fourth-order valence-corrected chi connectivity index (χ4v) is 2.27. The van der Waals surface area contributed by atoms with E-state index >= 15 is 0 Å². The van der Waals surface area contributed by atoms with Crippen molar-refractivity contribution in [2.75, 3.05) is 14.2 Å². The molecule has 9 heteroatoms. The first-order valence-electron chi connectivity index (χ1n) is 6.93. The molecule has 0 fully saturated rings. The lowest BCUT2D eigenvalue weighted by Crippen LogP contribution is -2.25. The maximum absolute atomic E-state index is 13.3. The number of halogens is 4. The van der Waals surface area contributed by atoms with Crippen LogP contribution in [0.1, 0.15) is 51.5 Å². The molecular formula is C15H17F4NO4. The summed E-state index contributed by atoms with van der Waals surface area (Å²) in [6, 6.07) is 0. The molecule has 1 rings (SSSR count). The van der Waals surface area contributed by atoms with Crippen molar-refractivity contribution in [2.24, 2.45) is 5.92 Å². The molecule has 0 unspecified atom stereocenters. The standard InChI is InChI=1S/C15H17F4NO4/c1-7(2)5-8-10(13(21)23-3)9(6-16)20-12(15(17,18)19)11(8)14(22)24-4/h7H,5-6H2,1-4H3. The lowest BCUT2D eigenvalue weighted by atomic mass is 9.91. The van der Waals surface area contributed by atoms with Gasteiger partial charge in [0.1, 0.15) is 6.67 Å². The monoisotopic (exact) mass is 351 g/mol. The average Bonchev–Trinajstić information content (AvgIpc) is 2.50. The highest BCUT2D eigenvalue weighted by Gasteiger charge is 2.41. The molecule has 0 aromatic carbocycles. The minimum absolute atomic E-state index is 0.0898. The average molecular weight is 351 g/mol. The summed E-state index contributed by atoms with van der Waals surface area (Å²) in [7, 11) is 1.90. The minimum Gasteiger partial charge on any atom is -0.465 e. The number of carbonyl (C=O) groups is 2. The number of carbonyl (C=O) groups excluding carboxylic acids is 2. The summed E-state index contributed by atoms with van der Waals surface area (Å²) >= 11 is 0. The highest BCUT2D eigenvalue weighted by atomic mass is 19.4. The van der Waals surface area contributed by atoms with Crippen LogP contribution < -0.4 is 0 Å². The van der Waals surface area contributed by atoms with Gasteiger partial charge in [0.25, 0.3) is 0 Å². The van der Waals surface area contributed by atoms with Gasteiger partial charge in [-0.3, -0.25) is 0 Å². The summed E-state index contributed by atoms with van der Waals surface area (Å²) in [5, 5.41) is 0. The van der Waals surface area contributed by atoms with Crippen molar-refractivity contribution in [3.63, 3.8) is 0 Å². The van der Waals surface area contributed by atoms with Gasteiger partial charge >= 0.3 is 18.1 Å². The lowest BCUT2D eigenvalue weighted by Gasteiger charge is -2.20. The summed E-state index contributed by atoms with van der Waals surface area (Å²) in [5.74, 6) is -2.60. The van der Waals surface area contributed by atoms with E-state index in [2.05, 4.69) is 14.5 Å². The minimum atomic E-state index is -5.02. The van der Waals surface area contributed by atoms with Crippen molar-refractivity contribution in [1.82, 2.24) is 4.98 Å². The van der Waals surface area contributed by atoms with Crippen LogP contribution in [0.5, 0.6) is 0 Å². The van der Waals surface area contributed by atoms with E-state index in [1.165, 1.54) is 0 Å². The first-order chi connectivity index (χ1) is 11.1. The number of aromatic nitrogens is 1. The third kappa shape index (κ3) is 4.01. The van der Waals surface area contributed by atoms with E-state index < -0.39 is 47.3 Å². The molecule has 0 saturated carbocycles. The van der Waals surface area contributed by atoms with Gasteiger partial charge in [-0.2, -0.15) is 13.2 Å². The van der Waals surface area contributed by atoms with E-state index in [1.54, 1.807) is 13.8 Å². The quantitative estimate of drug-likeness (QED) is 0.601. The molecule has 134 valence electrons. The third-order valence-electron chi connectivity index (χ3n) is 3.16. The van der Waals surface area contributed by atoms with E-state index in [1.807, 2.05) is 0 Å². The molecule has 1 aromatic heterocycles. The van der Waals surface area contributed by atoms with Crippen LogP contribution in [-0.2, 0) is 28.7 Å². The lowest BCUT2D eigenvalue weighted by molar-refractivity contribution is -0.142. The van der Waals surface area contributed by atoms with E-state index in [4.69, 9.17) is 0 Å². The summed E-state index contributed by atoms with van der Waals surface area (Å²) in [4.78, 5) is 27.1. The van der Waals surface area contributed by atoms with Crippen molar-refractivity contribution >= 4 is 11.9 Å². The fraction of sp³-hybridized carbons (Fsp3) is 0.533. The Morgan fingerprint density at radius 1 is 1.08 bits per heavy atom. The number of hydrogen-bond donors (Lipinski definition) is 0. The molecule has 0 spiro atoms. The highest BCUT2D eigenvalue weighted by Crippen LogP contribution is 2.36. The Balaban J connectivity index is 3.97. The van der Waals surface area contributed by atoms with Crippen LogP contribution in [0.4, 0.5) is 17.6 Å². The maximum Gasteiger partial charge on any atom is 0.434 e. The van der Waals surface area contributed by atoms with Crippen molar-refractivity contribution in [3.05, 3.63) is 28.1 Å². The molecule has 1 aromatic rings. The van der Waals surface area contributed by atoms with E-state index in [-0.39, 0.29) is 17.9 Å². The van der Waals surface area contributed by atoms with Crippen LogP contribution in [0.15, 0.2) is 0 Å². The fourth-order valence-electron chi connectivity index (χ4n) is 2.27. The third-order valence-corrected chi connectivity index (χ3v) is 3.16. The van der Waals surface area contributed by atoms with Crippen molar-refractivity contribution in [1.29, 1.82) is 0 Å². The summed E-state index contributed by atoms with van der Waals surface area (Å²) in [5.41, 5.74) is -3.94. The molecule has 0 atom stereocenters. The molecule has 1 heterocycles. The Labute approximate surface area is 136 Å². The number of nitrogens with zero attached hydrogens (tertiary/aromatic N) is 1. The Hall–Kier alpha value is -2.19. The van der Waals surface area contributed by atoms with Gasteiger partial charge in [0, 0.05) is 0 Å². The topological polar surface area (TPSA) is 65.5 Å². The van der Waals surface area contributed by atoms with Crippen LogP contribution in [0.25, 0.3) is 0 Å². The Morgan fingerprint density at radius 2 is 1.58 bits per heavy atom. The summed E-state index contributed by atoms with van der Waals surface area (Å²) < 4.78 is 62.0. The zero-order valence-corrected chi connectivity index (χ0v) is 13.6. The molecule has 0 saturated heterocycles. The highest BCUT2D eigenvalue weighted by molar-refractivity contribution is 5.99. The molecule has 0 radical (unpaired) electrons. The van der Waals surface area contributed by atoms with Gasteiger partial charge in [0.2, 0.25) is 0 Å². The molecule has 0 aliphatic rings. The smallest absolute Gasteiger partial charge is 0.434 e. The Bertz CT molecular complexity index is 641. The summed E-state index contributed by atoms with van der Waals surface area (Å²) in [6.07, 6.45) is -5.11. The van der Waals surface area contributed by atoms with Crippen LogP contribution in [0, 0.1) is 5.92 Å². The second-order valence-corrected chi connectivity index (χ2v) is 5.35. The number of esters is 2. The maximum atomic E-state index is 13.3. The number of rotatable bonds is 5. The molecule has 0 N–H and O–H groups in total. The second kappa shape index (κ2) is 7.59. The molecule has 0 aliphatic carbocycles. The van der Waals surface area contributed by atoms with Crippen LogP contribution in [0.3, 0.4) is 0 Å². The second-order valence-electron chi connectivity index (χ2n) is 5.35. The largest absolute Gasteiger partial charge is 0.465 e. The molecule has 0 aliphatic heterocycles. The number of ether oxygens (including phenoxy) is 2. The summed E-state index contributed by atoms with van der Waals surface area (Å²) in [6.45, 7) is 1.93. The van der Waals surface area contributed by atoms with Crippen molar-refractivity contribution in [2.45, 2.75) is 33.1 Å². The van der Waals surface area contributed by atoms with Gasteiger partial charge in [-0.15, -0.1) is 0 Å². The number of pyridine rings is 1. The van der Waals surface area contributed by atoms with Gasteiger partial charge in [-0.05, 0) is 17.9 Å². The van der Waals surface area contributed by atoms with Gasteiger partial charge in [-0.1, -0.05) is 13.8 Å². The molecular weight excluding hydrogens is 334 g/mol. The predicted molar refractivity (Wildman–Crippen MR) is 75.3 cm³/mol. The first kappa shape index (κ1) is 19.9.